The van der Waals surface area contributed by atoms with Gasteiger partial charge in [-0.25, -0.2) is 0 Å². The predicted molar refractivity (Wildman–Crippen MR) is 49.9 cm³/mol. The van der Waals surface area contributed by atoms with Gasteiger partial charge in [0.15, 0.2) is 0 Å². The minimum Gasteiger partial charge on any atom is -0.469 e. The number of carbonyl (C=O) groups is 3. The van der Waals surface area contributed by atoms with Gasteiger partial charge in [0, 0.05) is 6.42 Å². The third kappa shape index (κ3) is 2.34. The van der Waals surface area contributed by atoms with Crippen molar-refractivity contribution in [2.24, 2.45) is 11.8 Å². The summed E-state index contributed by atoms with van der Waals surface area (Å²) in [5.74, 6) is -3.04. The van der Waals surface area contributed by atoms with E-state index in [2.05, 4.69) is 9.47 Å². The summed E-state index contributed by atoms with van der Waals surface area (Å²) in [6.07, 6.45) is 1.44. The Morgan fingerprint density at radius 2 is 1.80 bits per heavy atom. The molecule has 0 radical (unpaired) electrons. The summed E-state index contributed by atoms with van der Waals surface area (Å²) in [6.45, 7) is 0. The van der Waals surface area contributed by atoms with Crippen LogP contribution in [0.4, 0.5) is 0 Å². The fraction of sp³-hybridized carbons (Fsp3) is 0.700. The van der Waals surface area contributed by atoms with E-state index >= 15 is 0 Å². The molecule has 0 aliphatic heterocycles. The van der Waals surface area contributed by atoms with Gasteiger partial charge in [0.2, 0.25) is 0 Å². The molecule has 5 nitrogen and oxygen atoms in total. The van der Waals surface area contributed by atoms with Gasteiger partial charge in [-0.05, 0) is 12.8 Å². The highest BCUT2D eigenvalue weighted by atomic mass is 16.5. The summed E-state index contributed by atoms with van der Waals surface area (Å²) < 4.78 is 9.08. The van der Waals surface area contributed by atoms with E-state index in [0.717, 1.165) is 0 Å². The first-order chi connectivity index (χ1) is 7.11. The smallest absolute Gasteiger partial charge is 0.317 e. The normalized spacial score (nSPS) is 25.9. The molecule has 84 valence electrons. The van der Waals surface area contributed by atoms with E-state index in [0.29, 0.717) is 19.3 Å². The molecular formula is C10H14O5. The fourth-order valence-corrected chi connectivity index (χ4v) is 1.87. The number of ether oxygens (including phenoxy) is 2. The lowest BCUT2D eigenvalue weighted by Crippen LogP contribution is -2.40. The number of ketones is 1. The standard InChI is InChI=1S/C10H14O5/c1-14-9(12)6-4-3-5-7(11)8(6)10(13)15-2/h6,8H,3-5H2,1-2H3. The van der Waals surface area contributed by atoms with Crippen LogP contribution in [0.1, 0.15) is 19.3 Å². The molecule has 0 bridgehead atoms. The lowest BCUT2D eigenvalue weighted by Gasteiger charge is -2.25. The second-order valence-corrected chi connectivity index (χ2v) is 3.49. The van der Waals surface area contributed by atoms with E-state index < -0.39 is 23.8 Å². The summed E-state index contributed by atoms with van der Waals surface area (Å²) in [6, 6.07) is 0. The molecule has 1 fully saturated rings. The number of hydrogen-bond acceptors (Lipinski definition) is 5. The molecule has 5 heteroatoms. The predicted octanol–water partition coefficient (Wildman–Crippen LogP) is 0.318. The van der Waals surface area contributed by atoms with Crippen molar-refractivity contribution in [1.29, 1.82) is 0 Å². The molecule has 0 spiro atoms. The lowest BCUT2D eigenvalue weighted by atomic mass is 9.78. The van der Waals surface area contributed by atoms with Gasteiger partial charge < -0.3 is 9.47 Å². The van der Waals surface area contributed by atoms with Crippen molar-refractivity contribution in [3.05, 3.63) is 0 Å². The molecule has 1 aliphatic carbocycles. The molecular weight excluding hydrogens is 200 g/mol. The van der Waals surface area contributed by atoms with E-state index in [4.69, 9.17) is 0 Å². The van der Waals surface area contributed by atoms with Gasteiger partial charge in [0.25, 0.3) is 0 Å². The molecule has 0 saturated heterocycles. The molecule has 0 N–H and O–H groups in total. The highest BCUT2D eigenvalue weighted by Crippen LogP contribution is 2.29. The molecule has 2 atom stereocenters. The SMILES string of the molecule is COC(=O)C1CCCC(=O)C1C(=O)OC. The van der Waals surface area contributed by atoms with Crippen LogP contribution in [0.25, 0.3) is 0 Å². The summed E-state index contributed by atoms with van der Waals surface area (Å²) >= 11 is 0. The monoisotopic (exact) mass is 214 g/mol. The van der Waals surface area contributed by atoms with Gasteiger partial charge in [-0.3, -0.25) is 14.4 Å². The fourth-order valence-electron chi connectivity index (χ4n) is 1.87. The molecule has 0 amide bonds. The summed E-state index contributed by atoms with van der Waals surface area (Å²) in [7, 11) is 2.45. The Morgan fingerprint density at radius 3 is 2.33 bits per heavy atom. The Morgan fingerprint density at radius 1 is 1.20 bits per heavy atom. The molecule has 15 heavy (non-hydrogen) atoms. The van der Waals surface area contributed by atoms with Crippen molar-refractivity contribution in [2.45, 2.75) is 19.3 Å². The second-order valence-electron chi connectivity index (χ2n) is 3.49. The minimum atomic E-state index is -0.976. The zero-order valence-electron chi connectivity index (χ0n) is 8.82. The maximum absolute atomic E-state index is 11.5. The Kier molecular flexibility index (Phi) is 3.82. The number of rotatable bonds is 2. The van der Waals surface area contributed by atoms with Crippen LogP contribution >= 0.6 is 0 Å². The summed E-state index contributed by atoms with van der Waals surface area (Å²) in [4.78, 5) is 34.2. The molecule has 0 aromatic rings. The van der Waals surface area contributed by atoms with Crippen molar-refractivity contribution >= 4 is 17.7 Å². The van der Waals surface area contributed by atoms with E-state index in [9.17, 15) is 14.4 Å². The van der Waals surface area contributed by atoms with Crippen molar-refractivity contribution in [1.82, 2.24) is 0 Å². The highest BCUT2D eigenvalue weighted by molar-refractivity contribution is 6.03. The lowest BCUT2D eigenvalue weighted by molar-refractivity contribution is -0.162. The van der Waals surface area contributed by atoms with Crippen molar-refractivity contribution in [2.75, 3.05) is 14.2 Å². The number of methoxy groups -OCH3 is 2. The van der Waals surface area contributed by atoms with E-state index in [-0.39, 0.29) is 5.78 Å². The van der Waals surface area contributed by atoms with Crippen LogP contribution < -0.4 is 0 Å². The van der Waals surface area contributed by atoms with Gasteiger partial charge in [0.05, 0.1) is 20.1 Å². The van der Waals surface area contributed by atoms with Gasteiger partial charge >= 0.3 is 11.9 Å². The average Bonchev–Trinajstić information content (AvgIpc) is 2.26. The molecule has 0 aromatic heterocycles. The van der Waals surface area contributed by atoms with Gasteiger partial charge in [-0.2, -0.15) is 0 Å². The van der Waals surface area contributed by atoms with Crippen molar-refractivity contribution in [3.63, 3.8) is 0 Å². The third-order valence-corrected chi connectivity index (χ3v) is 2.65. The Labute approximate surface area is 87.7 Å². The van der Waals surface area contributed by atoms with E-state index in [1.54, 1.807) is 0 Å². The maximum Gasteiger partial charge on any atom is 0.317 e. The average molecular weight is 214 g/mol. The first-order valence-corrected chi connectivity index (χ1v) is 4.80. The maximum atomic E-state index is 11.5. The van der Waals surface area contributed by atoms with Crippen LogP contribution in [0.15, 0.2) is 0 Å². The van der Waals surface area contributed by atoms with Crippen LogP contribution in [0.3, 0.4) is 0 Å². The number of esters is 2. The molecule has 1 saturated carbocycles. The minimum absolute atomic E-state index is 0.233. The second kappa shape index (κ2) is 4.91. The number of hydrogen-bond donors (Lipinski definition) is 0. The summed E-state index contributed by atoms with van der Waals surface area (Å²) in [5, 5.41) is 0. The van der Waals surface area contributed by atoms with E-state index in [1.807, 2.05) is 0 Å². The topological polar surface area (TPSA) is 69.7 Å². The first kappa shape index (κ1) is 11.7. The highest BCUT2D eigenvalue weighted by Gasteiger charge is 2.42. The van der Waals surface area contributed by atoms with Gasteiger partial charge in [0.1, 0.15) is 11.7 Å². The largest absolute Gasteiger partial charge is 0.469 e. The van der Waals surface area contributed by atoms with Gasteiger partial charge in [-0.15, -0.1) is 0 Å². The summed E-state index contributed by atoms with van der Waals surface area (Å²) in [5.41, 5.74) is 0. The van der Waals surface area contributed by atoms with Gasteiger partial charge in [-0.1, -0.05) is 0 Å². The third-order valence-electron chi connectivity index (χ3n) is 2.65. The van der Waals surface area contributed by atoms with Crippen LogP contribution in [0, 0.1) is 11.8 Å². The Balaban J connectivity index is 2.86. The van der Waals surface area contributed by atoms with E-state index in [1.165, 1.54) is 14.2 Å². The Hall–Kier alpha value is -1.39. The van der Waals surface area contributed by atoms with Crippen LogP contribution in [-0.4, -0.2) is 31.9 Å². The quantitative estimate of drug-likeness (QED) is 0.489. The zero-order valence-corrected chi connectivity index (χ0v) is 8.82. The Bertz CT molecular complexity index is 276. The van der Waals surface area contributed by atoms with Crippen LogP contribution in [0.2, 0.25) is 0 Å². The molecule has 0 aromatic carbocycles. The molecule has 1 rings (SSSR count). The molecule has 2 unspecified atom stereocenters. The first-order valence-electron chi connectivity index (χ1n) is 4.80. The molecule has 1 aliphatic rings. The molecule has 0 heterocycles. The zero-order chi connectivity index (χ0) is 11.4. The van der Waals surface area contributed by atoms with Crippen molar-refractivity contribution < 1.29 is 23.9 Å². The van der Waals surface area contributed by atoms with Crippen LogP contribution in [-0.2, 0) is 23.9 Å². The van der Waals surface area contributed by atoms with Crippen LogP contribution in [0.5, 0.6) is 0 Å². The number of carbonyl (C=O) groups excluding carboxylic acids is 3. The van der Waals surface area contributed by atoms with Crippen molar-refractivity contribution in [3.8, 4) is 0 Å². The number of Topliss-reactive ketones (excluding diaryl/α,β-unsaturated/α-hetero) is 1.